The molecule has 1 N–H and O–H groups in total. The lowest BCUT2D eigenvalue weighted by atomic mass is 10.1. The van der Waals surface area contributed by atoms with Crippen LogP contribution in [-0.2, 0) is 4.74 Å². The van der Waals surface area contributed by atoms with Crippen LogP contribution in [0.4, 0.5) is 5.13 Å². The summed E-state index contributed by atoms with van der Waals surface area (Å²) in [4.78, 5) is 21.6. The lowest BCUT2D eigenvalue weighted by molar-refractivity contribution is -0.906. The van der Waals surface area contributed by atoms with Gasteiger partial charge in [-0.05, 0) is 55.3 Å². The molecular weight excluding hydrogens is 398 g/mol. The van der Waals surface area contributed by atoms with Crippen molar-refractivity contribution in [3.8, 4) is 5.75 Å². The molecular formula is C23H28N3O3S+. The zero-order valence-electron chi connectivity index (χ0n) is 17.7. The second-order valence-electron chi connectivity index (χ2n) is 7.72. The number of anilines is 1. The average molecular weight is 427 g/mol. The molecule has 0 spiro atoms. The average Bonchev–Trinajstić information content (AvgIpc) is 3.18. The lowest BCUT2D eigenvalue weighted by Gasteiger charge is -2.27. The van der Waals surface area contributed by atoms with Crippen molar-refractivity contribution in [2.75, 3.05) is 51.4 Å². The van der Waals surface area contributed by atoms with Crippen molar-refractivity contribution in [2.24, 2.45) is 0 Å². The highest BCUT2D eigenvalue weighted by Gasteiger charge is 2.24. The molecule has 30 heavy (non-hydrogen) atoms. The van der Waals surface area contributed by atoms with Gasteiger partial charge in [0.25, 0.3) is 5.91 Å². The molecule has 1 fully saturated rings. The molecule has 0 unspecified atom stereocenters. The highest BCUT2D eigenvalue weighted by Crippen LogP contribution is 2.32. The zero-order valence-corrected chi connectivity index (χ0v) is 18.6. The number of hydrogen-bond acceptors (Lipinski definition) is 5. The van der Waals surface area contributed by atoms with Crippen LogP contribution in [0.3, 0.4) is 0 Å². The molecule has 4 rings (SSSR count). The van der Waals surface area contributed by atoms with E-state index in [0.29, 0.717) is 12.1 Å². The quantitative estimate of drug-likeness (QED) is 0.658. The van der Waals surface area contributed by atoms with Gasteiger partial charge < -0.3 is 14.4 Å². The number of fused-ring (bicyclic) bond motifs is 1. The third kappa shape index (κ3) is 4.48. The number of carbonyl (C=O) groups excluding carboxylic acids is 1. The third-order valence-corrected chi connectivity index (χ3v) is 6.74. The summed E-state index contributed by atoms with van der Waals surface area (Å²) >= 11 is 1.59. The van der Waals surface area contributed by atoms with Gasteiger partial charge in [0.05, 0.1) is 43.6 Å². The Kier molecular flexibility index (Phi) is 6.32. The number of aromatic nitrogens is 1. The van der Waals surface area contributed by atoms with Crippen molar-refractivity contribution < 1.29 is 19.2 Å². The molecule has 158 valence electrons. The van der Waals surface area contributed by atoms with Crippen molar-refractivity contribution in [1.29, 1.82) is 0 Å². The van der Waals surface area contributed by atoms with E-state index < -0.39 is 0 Å². The Balaban J connectivity index is 1.65. The molecule has 2 aromatic carbocycles. The fourth-order valence-electron chi connectivity index (χ4n) is 3.83. The Morgan fingerprint density at radius 2 is 1.93 bits per heavy atom. The summed E-state index contributed by atoms with van der Waals surface area (Å²) in [7, 11) is 1.62. The number of benzene rings is 2. The molecule has 6 nitrogen and oxygen atoms in total. The van der Waals surface area contributed by atoms with Gasteiger partial charge in [0.15, 0.2) is 5.13 Å². The topological polar surface area (TPSA) is 56.1 Å². The number of amides is 1. The van der Waals surface area contributed by atoms with E-state index in [1.807, 2.05) is 29.2 Å². The molecule has 1 aromatic heterocycles. The Bertz CT molecular complexity index is 1030. The molecule has 1 aliphatic rings. The predicted octanol–water partition coefficient (Wildman–Crippen LogP) is 2.48. The van der Waals surface area contributed by atoms with Crippen molar-refractivity contribution in [1.82, 2.24) is 4.98 Å². The van der Waals surface area contributed by atoms with Crippen LogP contribution in [0.15, 0.2) is 36.4 Å². The van der Waals surface area contributed by atoms with Gasteiger partial charge in [0.1, 0.15) is 18.8 Å². The summed E-state index contributed by atoms with van der Waals surface area (Å²) in [6.07, 6.45) is 0. The molecule has 1 saturated heterocycles. The first kappa shape index (κ1) is 20.8. The number of carbonyl (C=O) groups is 1. The van der Waals surface area contributed by atoms with E-state index in [9.17, 15) is 4.79 Å². The van der Waals surface area contributed by atoms with E-state index in [1.165, 1.54) is 16.0 Å². The first-order valence-electron chi connectivity index (χ1n) is 10.3. The number of nitrogens with one attached hydrogen (secondary N) is 1. The SMILES string of the molecule is COc1ccc(C(=O)N(CC[NH+]2CCOCC2)c2nc3cc(C)cc(C)c3s2)cc1. The summed E-state index contributed by atoms with van der Waals surface area (Å²) in [5.74, 6) is 0.709. The maximum atomic E-state index is 13.5. The maximum absolute atomic E-state index is 13.5. The summed E-state index contributed by atoms with van der Waals surface area (Å²) in [5.41, 5.74) is 3.98. The van der Waals surface area contributed by atoms with Gasteiger partial charge in [-0.2, -0.15) is 0 Å². The van der Waals surface area contributed by atoms with Crippen LogP contribution in [0.5, 0.6) is 5.75 Å². The Morgan fingerprint density at radius 1 is 1.20 bits per heavy atom. The largest absolute Gasteiger partial charge is 0.497 e. The fourth-order valence-corrected chi connectivity index (χ4v) is 4.87. The van der Waals surface area contributed by atoms with Gasteiger partial charge in [-0.15, -0.1) is 0 Å². The van der Waals surface area contributed by atoms with E-state index in [2.05, 4.69) is 26.0 Å². The molecule has 0 saturated carbocycles. The van der Waals surface area contributed by atoms with Crippen molar-refractivity contribution >= 4 is 32.6 Å². The second-order valence-corrected chi connectivity index (χ2v) is 8.70. The van der Waals surface area contributed by atoms with Gasteiger partial charge in [0.2, 0.25) is 0 Å². The standard InChI is InChI=1S/C23H27N3O3S/c1-16-14-17(2)21-20(15-16)24-23(30-21)26(9-8-25-10-12-29-13-11-25)22(27)18-4-6-19(28-3)7-5-18/h4-7,14-15H,8-13H2,1-3H3/p+1. The Hall–Kier alpha value is -2.48. The van der Waals surface area contributed by atoms with Gasteiger partial charge in [-0.3, -0.25) is 9.69 Å². The van der Waals surface area contributed by atoms with Crippen LogP contribution in [0.1, 0.15) is 21.5 Å². The smallest absolute Gasteiger partial charge is 0.260 e. The monoisotopic (exact) mass is 426 g/mol. The number of rotatable bonds is 6. The Morgan fingerprint density at radius 3 is 2.63 bits per heavy atom. The molecule has 0 bridgehead atoms. The zero-order chi connectivity index (χ0) is 21.1. The number of aryl methyl sites for hydroxylation is 2. The van der Waals surface area contributed by atoms with E-state index in [4.69, 9.17) is 14.5 Å². The number of hydrogen-bond donors (Lipinski definition) is 1. The minimum absolute atomic E-state index is 0.0289. The normalized spacial score (nSPS) is 14.8. The van der Waals surface area contributed by atoms with Gasteiger partial charge in [0, 0.05) is 5.56 Å². The second kappa shape index (κ2) is 9.12. The van der Waals surface area contributed by atoms with E-state index in [0.717, 1.165) is 53.9 Å². The van der Waals surface area contributed by atoms with Gasteiger partial charge >= 0.3 is 0 Å². The molecule has 0 atom stereocenters. The molecule has 0 radical (unpaired) electrons. The Labute approximate surface area is 181 Å². The highest BCUT2D eigenvalue weighted by molar-refractivity contribution is 7.22. The number of morpholine rings is 1. The van der Waals surface area contributed by atoms with Gasteiger partial charge in [-0.25, -0.2) is 4.98 Å². The van der Waals surface area contributed by atoms with Crippen LogP contribution in [-0.4, -0.2) is 57.4 Å². The predicted molar refractivity (Wildman–Crippen MR) is 120 cm³/mol. The number of quaternary nitrogens is 1. The minimum Gasteiger partial charge on any atom is -0.497 e. The number of ether oxygens (including phenoxy) is 2. The summed E-state index contributed by atoms with van der Waals surface area (Å²) in [5, 5.41) is 0.757. The van der Waals surface area contributed by atoms with Crippen molar-refractivity contribution in [3.05, 3.63) is 53.1 Å². The van der Waals surface area contributed by atoms with E-state index >= 15 is 0 Å². The van der Waals surface area contributed by atoms with Crippen LogP contribution >= 0.6 is 11.3 Å². The van der Waals surface area contributed by atoms with Crippen LogP contribution < -0.4 is 14.5 Å². The highest BCUT2D eigenvalue weighted by atomic mass is 32.1. The molecule has 7 heteroatoms. The first-order valence-corrected chi connectivity index (χ1v) is 11.1. The van der Waals surface area contributed by atoms with E-state index in [-0.39, 0.29) is 5.91 Å². The lowest BCUT2D eigenvalue weighted by Crippen LogP contribution is -3.14. The minimum atomic E-state index is -0.0289. The van der Waals surface area contributed by atoms with Crippen molar-refractivity contribution in [3.63, 3.8) is 0 Å². The van der Waals surface area contributed by atoms with Crippen LogP contribution in [0.25, 0.3) is 10.2 Å². The van der Waals surface area contributed by atoms with Crippen molar-refractivity contribution in [2.45, 2.75) is 13.8 Å². The molecule has 1 amide bonds. The number of thiazole rings is 1. The van der Waals surface area contributed by atoms with Crippen LogP contribution in [0.2, 0.25) is 0 Å². The maximum Gasteiger partial charge on any atom is 0.260 e. The fraction of sp³-hybridized carbons (Fsp3) is 0.391. The van der Waals surface area contributed by atoms with Crippen LogP contribution in [0, 0.1) is 13.8 Å². The molecule has 3 aromatic rings. The molecule has 2 heterocycles. The number of nitrogens with zero attached hydrogens (tertiary/aromatic N) is 2. The number of methoxy groups -OCH3 is 1. The molecule has 1 aliphatic heterocycles. The first-order chi connectivity index (χ1) is 14.5. The summed E-state index contributed by atoms with van der Waals surface area (Å²) in [6.45, 7) is 9.18. The van der Waals surface area contributed by atoms with Gasteiger partial charge in [-0.1, -0.05) is 17.4 Å². The molecule has 0 aliphatic carbocycles. The van der Waals surface area contributed by atoms with E-state index in [1.54, 1.807) is 18.4 Å². The summed E-state index contributed by atoms with van der Waals surface area (Å²) in [6, 6.07) is 11.5. The summed E-state index contributed by atoms with van der Waals surface area (Å²) < 4.78 is 11.8. The third-order valence-electron chi connectivity index (χ3n) is 5.51.